The molecule has 0 aliphatic carbocycles. The Bertz CT molecular complexity index is 986. The highest BCUT2D eigenvalue weighted by Crippen LogP contribution is 2.18. The summed E-state index contributed by atoms with van der Waals surface area (Å²) in [6, 6.07) is 9.42. The molecule has 7 heteroatoms. The van der Waals surface area contributed by atoms with Crippen molar-refractivity contribution < 1.29 is 23.2 Å². The number of Topliss-reactive ketones (excluding diaryl/α,β-unsaturated/α-hetero) is 1. The van der Waals surface area contributed by atoms with Gasteiger partial charge >= 0.3 is 5.97 Å². The molecule has 0 aliphatic heterocycles. The van der Waals surface area contributed by atoms with Crippen LogP contribution in [-0.2, 0) is 11.3 Å². The fourth-order valence-corrected chi connectivity index (χ4v) is 2.84. The fourth-order valence-electron chi connectivity index (χ4n) is 2.84. The Hall–Kier alpha value is -3.22. The van der Waals surface area contributed by atoms with Gasteiger partial charge in [-0.2, -0.15) is 0 Å². The van der Waals surface area contributed by atoms with Gasteiger partial charge in [0.15, 0.2) is 6.61 Å². The van der Waals surface area contributed by atoms with Crippen LogP contribution in [0.25, 0.3) is 0 Å². The Morgan fingerprint density at radius 3 is 2.48 bits per heavy atom. The van der Waals surface area contributed by atoms with Gasteiger partial charge in [-0.1, -0.05) is 17.3 Å². The van der Waals surface area contributed by atoms with Gasteiger partial charge in [-0.05, 0) is 44.5 Å². The normalized spacial score (nSPS) is 10.8. The lowest BCUT2D eigenvalue weighted by Gasteiger charge is -2.10. The van der Waals surface area contributed by atoms with Crippen molar-refractivity contribution in [3.05, 3.63) is 76.2 Å². The Balaban J connectivity index is 1.70. The summed E-state index contributed by atoms with van der Waals surface area (Å²) in [7, 11) is 0. The average Bonchev–Trinajstić information content (AvgIpc) is 3.19. The first kappa shape index (κ1) is 18.6. The molecule has 0 saturated carbocycles. The highest BCUT2D eigenvalue weighted by molar-refractivity contribution is 6.00. The second-order valence-electron chi connectivity index (χ2n) is 6.33. The van der Waals surface area contributed by atoms with E-state index in [1.807, 2.05) is 18.4 Å². The van der Waals surface area contributed by atoms with E-state index in [1.54, 1.807) is 25.1 Å². The standard InChI is InChI=1S/C20H19FN2O4/c1-12-8-19(27-22-12)20(25)26-11-18(24)17-9-13(2)23(14(17)3)10-15-4-6-16(21)7-5-15/h4-9H,10-11H2,1-3H3. The van der Waals surface area contributed by atoms with E-state index in [4.69, 9.17) is 9.26 Å². The number of rotatable bonds is 6. The van der Waals surface area contributed by atoms with Crippen LogP contribution in [0, 0.1) is 26.6 Å². The number of hydrogen-bond acceptors (Lipinski definition) is 5. The van der Waals surface area contributed by atoms with Crippen molar-refractivity contribution in [2.24, 2.45) is 0 Å². The number of halogens is 1. The van der Waals surface area contributed by atoms with Gasteiger partial charge in [0.25, 0.3) is 0 Å². The maximum absolute atomic E-state index is 13.1. The van der Waals surface area contributed by atoms with Crippen molar-refractivity contribution in [2.45, 2.75) is 27.3 Å². The molecule has 0 N–H and O–H groups in total. The van der Waals surface area contributed by atoms with Crippen molar-refractivity contribution >= 4 is 11.8 Å². The molecule has 0 saturated heterocycles. The summed E-state index contributed by atoms with van der Waals surface area (Å²) in [6.45, 7) is 5.52. The third-order valence-electron chi connectivity index (χ3n) is 4.29. The maximum atomic E-state index is 13.1. The minimum Gasteiger partial charge on any atom is -0.451 e. The van der Waals surface area contributed by atoms with Crippen LogP contribution in [0.1, 0.15) is 43.6 Å². The van der Waals surface area contributed by atoms with Gasteiger partial charge in [0, 0.05) is 29.6 Å². The van der Waals surface area contributed by atoms with E-state index in [0.717, 1.165) is 17.0 Å². The zero-order valence-corrected chi connectivity index (χ0v) is 15.3. The summed E-state index contributed by atoms with van der Waals surface area (Å²) in [4.78, 5) is 24.4. The number of ether oxygens (including phenoxy) is 1. The maximum Gasteiger partial charge on any atom is 0.377 e. The Morgan fingerprint density at radius 2 is 1.85 bits per heavy atom. The Labute approximate surface area is 155 Å². The number of aromatic nitrogens is 2. The largest absolute Gasteiger partial charge is 0.451 e. The Morgan fingerprint density at radius 1 is 1.15 bits per heavy atom. The van der Waals surface area contributed by atoms with Crippen LogP contribution in [0.15, 0.2) is 40.9 Å². The van der Waals surface area contributed by atoms with E-state index < -0.39 is 5.97 Å². The second kappa shape index (κ2) is 7.57. The number of carbonyl (C=O) groups excluding carboxylic acids is 2. The molecule has 3 aromatic rings. The van der Waals surface area contributed by atoms with Crippen molar-refractivity contribution in [1.82, 2.24) is 9.72 Å². The minimum absolute atomic E-state index is 0.0397. The van der Waals surface area contributed by atoms with Crippen LogP contribution in [0.2, 0.25) is 0 Å². The summed E-state index contributed by atoms with van der Waals surface area (Å²) in [6.07, 6.45) is 0. The van der Waals surface area contributed by atoms with Crippen molar-refractivity contribution in [3.8, 4) is 0 Å². The summed E-state index contributed by atoms with van der Waals surface area (Å²) in [5.41, 5.74) is 3.60. The van der Waals surface area contributed by atoms with Gasteiger partial charge < -0.3 is 13.8 Å². The SMILES string of the molecule is Cc1cc(C(=O)OCC(=O)c2cc(C)n(Cc3ccc(F)cc3)c2C)on1. The van der Waals surface area contributed by atoms with E-state index in [0.29, 0.717) is 17.8 Å². The molecule has 0 bridgehead atoms. The molecule has 1 aromatic carbocycles. The molecule has 2 heterocycles. The van der Waals surface area contributed by atoms with Crippen LogP contribution in [0.3, 0.4) is 0 Å². The zero-order valence-electron chi connectivity index (χ0n) is 15.3. The predicted octanol–water partition coefficient (Wildman–Crippen LogP) is 3.63. The summed E-state index contributed by atoms with van der Waals surface area (Å²) in [5, 5.41) is 3.61. The van der Waals surface area contributed by atoms with E-state index >= 15 is 0 Å². The Kier molecular flexibility index (Phi) is 5.21. The first-order chi connectivity index (χ1) is 12.8. The average molecular weight is 370 g/mol. The molecule has 0 aliphatic rings. The number of carbonyl (C=O) groups is 2. The molecular formula is C20H19FN2O4. The van der Waals surface area contributed by atoms with E-state index in [1.165, 1.54) is 18.2 Å². The van der Waals surface area contributed by atoms with Gasteiger partial charge in [-0.15, -0.1) is 0 Å². The quantitative estimate of drug-likeness (QED) is 0.489. The van der Waals surface area contributed by atoms with Gasteiger partial charge in [0.05, 0.1) is 5.69 Å². The monoisotopic (exact) mass is 370 g/mol. The smallest absolute Gasteiger partial charge is 0.377 e. The van der Waals surface area contributed by atoms with E-state index in [2.05, 4.69) is 5.16 Å². The number of nitrogens with zero attached hydrogens (tertiary/aromatic N) is 2. The van der Waals surface area contributed by atoms with Crippen LogP contribution >= 0.6 is 0 Å². The highest BCUT2D eigenvalue weighted by atomic mass is 19.1. The molecule has 0 fully saturated rings. The van der Waals surface area contributed by atoms with Gasteiger partial charge in [0.1, 0.15) is 5.82 Å². The molecule has 140 valence electrons. The van der Waals surface area contributed by atoms with Crippen molar-refractivity contribution in [1.29, 1.82) is 0 Å². The molecule has 27 heavy (non-hydrogen) atoms. The molecule has 0 radical (unpaired) electrons. The molecule has 2 aromatic heterocycles. The molecule has 0 spiro atoms. The van der Waals surface area contributed by atoms with Crippen LogP contribution in [0.5, 0.6) is 0 Å². The second-order valence-corrected chi connectivity index (χ2v) is 6.33. The third kappa shape index (κ3) is 4.13. The third-order valence-corrected chi connectivity index (χ3v) is 4.29. The number of ketones is 1. The zero-order chi connectivity index (χ0) is 19.6. The van der Waals surface area contributed by atoms with Crippen molar-refractivity contribution in [2.75, 3.05) is 6.61 Å². The minimum atomic E-state index is -0.732. The molecule has 3 rings (SSSR count). The fraction of sp³-hybridized carbons (Fsp3) is 0.250. The lowest BCUT2D eigenvalue weighted by atomic mass is 10.1. The van der Waals surface area contributed by atoms with E-state index in [9.17, 15) is 14.0 Å². The van der Waals surface area contributed by atoms with Crippen LogP contribution in [-0.4, -0.2) is 28.1 Å². The van der Waals surface area contributed by atoms with Gasteiger partial charge in [0.2, 0.25) is 11.5 Å². The lowest BCUT2D eigenvalue weighted by molar-refractivity contribution is 0.0435. The molecule has 6 nitrogen and oxygen atoms in total. The topological polar surface area (TPSA) is 74.3 Å². The van der Waals surface area contributed by atoms with Crippen LogP contribution < -0.4 is 0 Å². The number of benzene rings is 1. The van der Waals surface area contributed by atoms with Crippen LogP contribution in [0.4, 0.5) is 4.39 Å². The molecule has 0 atom stereocenters. The molecule has 0 amide bonds. The van der Waals surface area contributed by atoms with Gasteiger partial charge in [-0.25, -0.2) is 9.18 Å². The predicted molar refractivity (Wildman–Crippen MR) is 95.3 cm³/mol. The van der Waals surface area contributed by atoms with Gasteiger partial charge in [-0.3, -0.25) is 4.79 Å². The molecular weight excluding hydrogens is 351 g/mol. The van der Waals surface area contributed by atoms with E-state index in [-0.39, 0.29) is 24.0 Å². The summed E-state index contributed by atoms with van der Waals surface area (Å²) < 4.78 is 24.9. The first-order valence-corrected chi connectivity index (χ1v) is 8.40. The summed E-state index contributed by atoms with van der Waals surface area (Å²) in [5.74, 6) is -1.37. The summed E-state index contributed by atoms with van der Waals surface area (Å²) >= 11 is 0. The number of hydrogen-bond donors (Lipinski definition) is 0. The highest BCUT2D eigenvalue weighted by Gasteiger charge is 2.19. The number of aryl methyl sites for hydroxylation is 2. The lowest BCUT2D eigenvalue weighted by Crippen LogP contribution is -2.15. The first-order valence-electron chi connectivity index (χ1n) is 8.40. The number of esters is 1. The molecule has 0 unspecified atom stereocenters. The van der Waals surface area contributed by atoms with Crippen molar-refractivity contribution in [3.63, 3.8) is 0 Å².